The second-order valence-corrected chi connectivity index (χ2v) is 7.15. The average molecular weight is 359 g/mol. The van der Waals surface area contributed by atoms with Gasteiger partial charge in [-0.05, 0) is 44.7 Å². The number of aromatic nitrogens is 1. The summed E-state index contributed by atoms with van der Waals surface area (Å²) in [5.41, 5.74) is 0.761. The van der Waals surface area contributed by atoms with Gasteiger partial charge in [-0.15, -0.1) is 0 Å². The molecule has 26 heavy (non-hydrogen) atoms. The Kier molecular flexibility index (Phi) is 6.47. The predicted molar refractivity (Wildman–Crippen MR) is 98.8 cm³/mol. The summed E-state index contributed by atoms with van der Waals surface area (Å²) in [4.78, 5) is 31.4. The Bertz CT molecular complexity index is 684. The van der Waals surface area contributed by atoms with Crippen molar-refractivity contribution in [3.8, 4) is 0 Å². The van der Waals surface area contributed by atoms with Crippen LogP contribution in [0.5, 0.6) is 0 Å². The SMILES string of the molecule is CCOC(=O)N1CCC(C(=O)n2ccccc2=NC2CCCCC2)CC1. The number of amides is 1. The van der Waals surface area contributed by atoms with E-state index in [0.717, 1.165) is 18.3 Å². The van der Waals surface area contributed by atoms with Crippen LogP contribution in [0.3, 0.4) is 0 Å². The van der Waals surface area contributed by atoms with E-state index in [1.807, 2.05) is 24.4 Å². The summed E-state index contributed by atoms with van der Waals surface area (Å²) in [5.74, 6) is 0.0112. The molecule has 0 N–H and O–H groups in total. The number of carbonyl (C=O) groups excluding carboxylic acids is 2. The minimum absolute atomic E-state index is 0.0756. The second kappa shape index (κ2) is 9.01. The average Bonchev–Trinajstić information content (AvgIpc) is 2.69. The van der Waals surface area contributed by atoms with Crippen LogP contribution in [0.1, 0.15) is 56.7 Å². The molecule has 1 aliphatic carbocycles. The molecular formula is C20H29N3O3. The highest BCUT2D eigenvalue weighted by atomic mass is 16.6. The predicted octanol–water partition coefficient (Wildman–Crippen LogP) is 3.23. The number of carbonyl (C=O) groups is 2. The minimum Gasteiger partial charge on any atom is -0.450 e. The van der Waals surface area contributed by atoms with Gasteiger partial charge in [0.25, 0.3) is 0 Å². The van der Waals surface area contributed by atoms with Crippen molar-refractivity contribution in [2.45, 2.75) is 57.9 Å². The lowest BCUT2D eigenvalue weighted by Gasteiger charge is -2.30. The molecule has 1 aliphatic heterocycles. The first-order valence-corrected chi connectivity index (χ1v) is 9.86. The molecule has 1 saturated heterocycles. The van der Waals surface area contributed by atoms with Crippen molar-refractivity contribution < 1.29 is 14.3 Å². The van der Waals surface area contributed by atoms with Crippen molar-refractivity contribution in [1.82, 2.24) is 9.47 Å². The van der Waals surface area contributed by atoms with Crippen LogP contribution < -0.4 is 5.49 Å². The fourth-order valence-corrected chi connectivity index (χ4v) is 3.84. The van der Waals surface area contributed by atoms with E-state index in [4.69, 9.17) is 9.73 Å². The molecule has 1 aromatic rings. The molecule has 6 heteroatoms. The van der Waals surface area contributed by atoms with E-state index in [2.05, 4.69) is 0 Å². The maximum atomic E-state index is 13.0. The molecule has 6 nitrogen and oxygen atoms in total. The quantitative estimate of drug-likeness (QED) is 0.832. The van der Waals surface area contributed by atoms with Gasteiger partial charge in [0, 0.05) is 25.2 Å². The van der Waals surface area contributed by atoms with Gasteiger partial charge in [0.05, 0.1) is 12.6 Å². The minimum atomic E-state index is -0.279. The molecule has 142 valence electrons. The van der Waals surface area contributed by atoms with Gasteiger partial charge in [0.1, 0.15) is 5.49 Å². The van der Waals surface area contributed by atoms with Gasteiger partial charge in [0.2, 0.25) is 5.91 Å². The fraction of sp³-hybridized carbons (Fsp3) is 0.650. The van der Waals surface area contributed by atoms with E-state index in [0.29, 0.717) is 38.6 Å². The van der Waals surface area contributed by atoms with Crippen molar-refractivity contribution >= 4 is 12.0 Å². The topological polar surface area (TPSA) is 63.9 Å². The number of rotatable bonds is 3. The Morgan fingerprint density at radius 1 is 1.12 bits per heavy atom. The molecule has 0 spiro atoms. The van der Waals surface area contributed by atoms with Crippen LogP contribution in [-0.2, 0) is 4.74 Å². The Labute approximate surface area is 154 Å². The van der Waals surface area contributed by atoms with E-state index in [1.54, 1.807) is 16.4 Å². The molecule has 0 radical (unpaired) electrons. The number of likely N-dealkylation sites (tertiary alicyclic amines) is 1. The maximum Gasteiger partial charge on any atom is 0.409 e. The Morgan fingerprint density at radius 3 is 2.54 bits per heavy atom. The molecule has 1 amide bonds. The van der Waals surface area contributed by atoms with Crippen LogP contribution in [0.2, 0.25) is 0 Å². The molecular weight excluding hydrogens is 330 g/mol. The monoisotopic (exact) mass is 359 g/mol. The van der Waals surface area contributed by atoms with Crippen LogP contribution >= 0.6 is 0 Å². The summed E-state index contributed by atoms with van der Waals surface area (Å²) >= 11 is 0. The van der Waals surface area contributed by atoms with Gasteiger partial charge in [-0.1, -0.05) is 25.3 Å². The molecule has 0 atom stereocenters. The number of nitrogens with zero attached hydrogens (tertiary/aromatic N) is 3. The summed E-state index contributed by atoms with van der Waals surface area (Å²) in [6, 6.07) is 6.08. The van der Waals surface area contributed by atoms with Crippen molar-refractivity contribution in [3.63, 3.8) is 0 Å². The highest BCUT2D eigenvalue weighted by Gasteiger charge is 2.28. The normalized spacial score (nSPS) is 20.2. The zero-order valence-corrected chi connectivity index (χ0v) is 15.6. The van der Waals surface area contributed by atoms with Crippen molar-refractivity contribution in [1.29, 1.82) is 0 Å². The summed E-state index contributed by atoms with van der Waals surface area (Å²) in [5, 5.41) is 0. The van der Waals surface area contributed by atoms with Gasteiger partial charge >= 0.3 is 6.09 Å². The highest BCUT2D eigenvalue weighted by molar-refractivity contribution is 5.81. The Hall–Kier alpha value is -2.11. The van der Waals surface area contributed by atoms with Crippen LogP contribution in [0.15, 0.2) is 29.4 Å². The summed E-state index contributed by atoms with van der Waals surface area (Å²) < 4.78 is 6.75. The van der Waals surface area contributed by atoms with Crippen molar-refractivity contribution in [2.24, 2.45) is 10.9 Å². The van der Waals surface area contributed by atoms with E-state index >= 15 is 0 Å². The molecule has 1 aromatic heterocycles. The van der Waals surface area contributed by atoms with Gasteiger partial charge in [-0.2, -0.15) is 0 Å². The second-order valence-electron chi connectivity index (χ2n) is 7.15. The molecule has 1 saturated carbocycles. The van der Waals surface area contributed by atoms with Crippen molar-refractivity contribution in [2.75, 3.05) is 19.7 Å². The van der Waals surface area contributed by atoms with Crippen LogP contribution in [0, 0.1) is 5.92 Å². The van der Waals surface area contributed by atoms with E-state index < -0.39 is 0 Å². The van der Waals surface area contributed by atoms with Gasteiger partial charge in [-0.3, -0.25) is 14.4 Å². The number of ether oxygens (including phenoxy) is 1. The van der Waals surface area contributed by atoms with E-state index in [-0.39, 0.29) is 17.9 Å². The third kappa shape index (κ3) is 4.54. The number of hydrogen-bond donors (Lipinski definition) is 0. The molecule has 2 aliphatic rings. The molecule has 0 unspecified atom stereocenters. The number of pyridine rings is 1. The highest BCUT2D eigenvalue weighted by Crippen LogP contribution is 2.21. The first-order chi connectivity index (χ1) is 12.7. The third-order valence-electron chi connectivity index (χ3n) is 5.34. The summed E-state index contributed by atoms with van der Waals surface area (Å²) in [6.07, 6.45) is 8.84. The number of hydrogen-bond acceptors (Lipinski definition) is 4. The van der Waals surface area contributed by atoms with Gasteiger partial charge < -0.3 is 9.64 Å². The Morgan fingerprint density at radius 2 is 1.85 bits per heavy atom. The van der Waals surface area contributed by atoms with Gasteiger partial charge in [-0.25, -0.2) is 4.79 Å². The smallest absolute Gasteiger partial charge is 0.409 e. The molecule has 2 heterocycles. The molecule has 0 bridgehead atoms. The number of piperidine rings is 1. The zero-order chi connectivity index (χ0) is 18.4. The third-order valence-corrected chi connectivity index (χ3v) is 5.34. The Balaban J connectivity index is 1.69. The lowest BCUT2D eigenvalue weighted by atomic mass is 9.95. The van der Waals surface area contributed by atoms with Gasteiger partial charge in [0.15, 0.2) is 0 Å². The standard InChI is InChI=1S/C20H29N3O3/c1-2-26-20(25)22-14-11-16(12-15-22)19(24)23-13-7-6-10-18(23)21-17-8-4-3-5-9-17/h6-7,10,13,16-17H,2-5,8-9,11-12,14-15H2,1H3. The van der Waals surface area contributed by atoms with E-state index in [9.17, 15) is 9.59 Å². The largest absolute Gasteiger partial charge is 0.450 e. The molecule has 2 fully saturated rings. The first-order valence-electron chi connectivity index (χ1n) is 9.86. The first kappa shape index (κ1) is 18.7. The zero-order valence-electron chi connectivity index (χ0n) is 15.6. The molecule has 3 rings (SSSR count). The van der Waals surface area contributed by atoms with Crippen LogP contribution in [-0.4, -0.2) is 47.2 Å². The van der Waals surface area contributed by atoms with Crippen LogP contribution in [0.25, 0.3) is 0 Å². The fourth-order valence-electron chi connectivity index (χ4n) is 3.84. The summed E-state index contributed by atoms with van der Waals surface area (Å²) in [6.45, 7) is 3.32. The maximum absolute atomic E-state index is 13.0. The summed E-state index contributed by atoms with van der Waals surface area (Å²) in [7, 11) is 0. The molecule has 0 aromatic carbocycles. The van der Waals surface area contributed by atoms with Crippen molar-refractivity contribution in [3.05, 3.63) is 29.9 Å². The van der Waals surface area contributed by atoms with E-state index in [1.165, 1.54) is 19.3 Å². The van der Waals surface area contributed by atoms with Crippen LogP contribution in [0.4, 0.5) is 4.79 Å². The lowest BCUT2D eigenvalue weighted by molar-refractivity contribution is 0.0683. The lowest BCUT2D eigenvalue weighted by Crippen LogP contribution is -2.43.